The second-order valence-corrected chi connectivity index (χ2v) is 5.34. The molecule has 1 aliphatic carbocycles. The zero-order valence-corrected chi connectivity index (χ0v) is 10.8. The number of aliphatic hydroxyl groups is 1. The van der Waals surface area contributed by atoms with Crippen molar-refractivity contribution in [3.05, 3.63) is 44.7 Å². The van der Waals surface area contributed by atoms with E-state index in [-0.39, 0.29) is 12.2 Å². The Bertz CT molecular complexity index is 644. The lowest BCUT2D eigenvalue weighted by atomic mass is 10.1. The summed E-state index contributed by atoms with van der Waals surface area (Å²) in [6.45, 7) is -0.0983. The van der Waals surface area contributed by atoms with Crippen LogP contribution in [-0.4, -0.2) is 9.67 Å². The van der Waals surface area contributed by atoms with Gasteiger partial charge < -0.3 is 9.67 Å². The third-order valence-electron chi connectivity index (χ3n) is 3.18. The molecule has 1 saturated carbocycles. The van der Waals surface area contributed by atoms with Crippen molar-refractivity contribution in [1.82, 2.24) is 4.57 Å². The van der Waals surface area contributed by atoms with Crippen LogP contribution in [0.2, 0.25) is 0 Å². The van der Waals surface area contributed by atoms with Crippen molar-refractivity contribution in [2.45, 2.75) is 25.5 Å². The summed E-state index contributed by atoms with van der Waals surface area (Å²) in [5.74, 6) is 0. The lowest BCUT2D eigenvalue weighted by Gasteiger charge is -2.12. The first kappa shape index (κ1) is 11.0. The van der Waals surface area contributed by atoms with Gasteiger partial charge in [0.1, 0.15) is 0 Å². The highest BCUT2D eigenvalue weighted by molar-refractivity contribution is 9.10. The Morgan fingerprint density at radius 1 is 1.35 bits per heavy atom. The fraction of sp³-hybridized carbons (Fsp3) is 0.308. The van der Waals surface area contributed by atoms with Gasteiger partial charge in [-0.3, -0.25) is 4.79 Å². The molecule has 0 atom stereocenters. The van der Waals surface area contributed by atoms with Crippen molar-refractivity contribution in [3.8, 4) is 0 Å². The van der Waals surface area contributed by atoms with Crippen LogP contribution in [0.25, 0.3) is 10.9 Å². The molecule has 1 N–H and O–H groups in total. The molecule has 17 heavy (non-hydrogen) atoms. The van der Waals surface area contributed by atoms with E-state index in [1.165, 1.54) is 0 Å². The molecule has 1 heterocycles. The van der Waals surface area contributed by atoms with Crippen molar-refractivity contribution < 1.29 is 5.11 Å². The number of fused-ring (bicyclic) bond motifs is 1. The highest BCUT2D eigenvalue weighted by Crippen LogP contribution is 2.36. The van der Waals surface area contributed by atoms with Crippen LogP contribution in [0.5, 0.6) is 0 Å². The molecule has 1 fully saturated rings. The third kappa shape index (κ3) is 1.81. The molecule has 0 unspecified atom stereocenters. The SMILES string of the molecule is O=c1cc(CO)c2ccc(Br)cc2n1C1CC1. The van der Waals surface area contributed by atoms with E-state index in [0.717, 1.165) is 28.2 Å². The largest absolute Gasteiger partial charge is 0.392 e. The molecule has 0 bridgehead atoms. The van der Waals surface area contributed by atoms with Gasteiger partial charge >= 0.3 is 0 Å². The Hall–Kier alpha value is -1.13. The van der Waals surface area contributed by atoms with Gasteiger partial charge in [-0.15, -0.1) is 0 Å². The Balaban J connectivity index is 2.42. The number of pyridine rings is 1. The molecule has 2 aromatic rings. The van der Waals surface area contributed by atoms with Crippen LogP contribution in [0.15, 0.2) is 33.5 Å². The van der Waals surface area contributed by atoms with Crippen molar-refractivity contribution in [3.63, 3.8) is 0 Å². The third-order valence-corrected chi connectivity index (χ3v) is 3.68. The van der Waals surface area contributed by atoms with Crippen LogP contribution in [-0.2, 0) is 6.61 Å². The minimum atomic E-state index is -0.0983. The molecular formula is C13H12BrNO2. The number of nitrogens with zero attached hydrogens (tertiary/aromatic N) is 1. The van der Waals surface area contributed by atoms with Crippen LogP contribution in [0, 0.1) is 0 Å². The summed E-state index contributed by atoms with van der Waals surface area (Å²) in [7, 11) is 0. The van der Waals surface area contributed by atoms with E-state index < -0.39 is 0 Å². The van der Waals surface area contributed by atoms with Gasteiger partial charge in [-0.05, 0) is 30.5 Å². The Kier molecular flexibility index (Phi) is 2.56. The highest BCUT2D eigenvalue weighted by atomic mass is 79.9. The summed E-state index contributed by atoms with van der Waals surface area (Å²) in [5.41, 5.74) is 1.61. The van der Waals surface area contributed by atoms with Gasteiger partial charge in [0.15, 0.2) is 0 Å². The minimum Gasteiger partial charge on any atom is -0.392 e. The molecule has 0 spiro atoms. The first-order valence-electron chi connectivity index (χ1n) is 5.65. The van der Waals surface area contributed by atoms with E-state index in [1.807, 2.05) is 22.8 Å². The summed E-state index contributed by atoms with van der Waals surface area (Å²) >= 11 is 3.43. The van der Waals surface area contributed by atoms with Gasteiger partial charge in [0.2, 0.25) is 0 Å². The molecule has 3 rings (SSSR count). The summed E-state index contributed by atoms with van der Waals surface area (Å²) in [6, 6.07) is 7.72. The second kappa shape index (κ2) is 3.96. The minimum absolute atomic E-state index is 0.0119. The number of aromatic nitrogens is 1. The molecule has 88 valence electrons. The zero-order valence-electron chi connectivity index (χ0n) is 9.19. The van der Waals surface area contributed by atoms with E-state index >= 15 is 0 Å². The molecule has 3 nitrogen and oxygen atoms in total. The van der Waals surface area contributed by atoms with Crippen LogP contribution in [0.1, 0.15) is 24.4 Å². The molecule has 0 aliphatic heterocycles. The number of hydrogen-bond donors (Lipinski definition) is 1. The molecule has 1 aromatic heterocycles. The Morgan fingerprint density at radius 2 is 2.12 bits per heavy atom. The lowest BCUT2D eigenvalue weighted by molar-refractivity contribution is 0.283. The quantitative estimate of drug-likeness (QED) is 0.925. The predicted molar refractivity (Wildman–Crippen MR) is 70.1 cm³/mol. The summed E-state index contributed by atoms with van der Waals surface area (Å²) in [5, 5.41) is 10.3. The maximum atomic E-state index is 12.0. The zero-order chi connectivity index (χ0) is 12.0. The number of aliphatic hydroxyl groups excluding tert-OH is 1. The van der Waals surface area contributed by atoms with Crippen molar-refractivity contribution in [2.75, 3.05) is 0 Å². The summed E-state index contributed by atoms with van der Waals surface area (Å²) in [6.07, 6.45) is 2.14. The first-order chi connectivity index (χ1) is 8.20. The van der Waals surface area contributed by atoms with Crippen LogP contribution >= 0.6 is 15.9 Å². The first-order valence-corrected chi connectivity index (χ1v) is 6.44. The fourth-order valence-corrected chi connectivity index (χ4v) is 2.58. The summed E-state index contributed by atoms with van der Waals surface area (Å²) in [4.78, 5) is 12.0. The van der Waals surface area contributed by atoms with Crippen molar-refractivity contribution in [2.24, 2.45) is 0 Å². The van der Waals surface area contributed by atoms with Gasteiger partial charge in [-0.25, -0.2) is 0 Å². The average Bonchev–Trinajstić information content (AvgIpc) is 3.11. The molecule has 0 radical (unpaired) electrons. The van der Waals surface area contributed by atoms with E-state index in [1.54, 1.807) is 6.07 Å². The number of rotatable bonds is 2. The second-order valence-electron chi connectivity index (χ2n) is 4.43. The molecule has 0 saturated heterocycles. The Labute approximate surface area is 107 Å². The van der Waals surface area contributed by atoms with E-state index in [9.17, 15) is 9.90 Å². The number of halogens is 1. The molecule has 1 aliphatic rings. The predicted octanol–water partition coefficient (Wildman–Crippen LogP) is 2.59. The topological polar surface area (TPSA) is 42.2 Å². The van der Waals surface area contributed by atoms with Gasteiger partial charge in [-0.2, -0.15) is 0 Å². The molecule has 0 amide bonds. The van der Waals surface area contributed by atoms with E-state index in [4.69, 9.17) is 0 Å². The van der Waals surface area contributed by atoms with Crippen molar-refractivity contribution >= 4 is 26.8 Å². The van der Waals surface area contributed by atoms with Crippen LogP contribution in [0.4, 0.5) is 0 Å². The van der Waals surface area contributed by atoms with Crippen LogP contribution < -0.4 is 5.56 Å². The van der Waals surface area contributed by atoms with E-state index in [0.29, 0.717) is 11.6 Å². The monoisotopic (exact) mass is 293 g/mol. The van der Waals surface area contributed by atoms with Crippen LogP contribution in [0.3, 0.4) is 0 Å². The standard InChI is InChI=1S/C13H12BrNO2/c14-9-1-4-11-8(7-16)5-13(17)15(10-2-3-10)12(11)6-9/h1,4-6,10,16H,2-3,7H2. The Morgan fingerprint density at radius 3 is 2.76 bits per heavy atom. The average molecular weight is 294 g/mol. The highest BCUT2D eigenvalue weighted by Gasteiger charge is 2.26. The summed E-state index contributed by atoms with van der Waals surface area (Å²) < 4.78 is 2.80. The van der Waals surface area contributed by atoms with E-state index in [2.05, 4.69) is 15.9 Å². The van der Waals surface area contributed by atoms with Gasteiger partial charge in [-0.1, -0.05) is 22.0 Å². The van der Waals surface area contributed by atoms with Gasteiger partial charge in [0.25, 0.3) is 5.56 Å². The number of hydrogen-bond acceptors (Lipinski definition) is 2. The lowest BCUT2D eigenvalue weighted by Crippen LogP contribution is -2.19. The fourth-order valence-electron chi connectivity index (χ4n) is 2.23. The number of benzene rings is 1. The maximum absolute atomic E-state index is 12.0. The molecule has 4 heteroatoms. The smallest absolute Gasteiger partial charge is 0.251 e. The van der Waals surface area contributed by atoms with Crippen molar-refractivity contribution in [1.29, 1.82) is 0 Å². The normalized spacial score (nSPS) is 15.4. The molecular weight excluding hydrogens is 282 g/mol. The van der Waals surface area contributed by atoms with Gasteiger partial charge in [0.05, 0.1) is 12.1 Å². The molecule has 1 aromatic carbocycles. The maximum Gasteiger partial charge on any atom is 0.251 e. The van der Waals surface area contributed by atoms with Gasteiger partial charge in [0, 0.05) is 22.0 Å².